The van der Waals surface area contributed by atoms with Gasteiger partial charge in [0.05, 0.1) is 0 Å². The molecular weight excluding hydrogens is 310 g/mol. The Hall–Kier alpha value is -1.67. The Morgan fingerprint density at radius 2 is 2.23 bits per heavy atom. The van der Waals surface area contributed by atoms with E-state index in [2.05, 4.69) is 4.98 Å². The number of hydrogen-bond acceptors (Lipinski definition) is 5. The molecule has 2 rings (SSSR count). The number of halogens is 1. The minimum absolute atomic E-state index is 0. The molecular formula is C13H22ClN5O3. The molecule has 1 atom stereocenters. The molecule has 1 amide bonds. The van der Waals surface area contributed by atoms with Gasteiger partial charge in [-0.1, -0.05) is 13.8 Å². The van der Waals surface area contributed by atoms with E-state index in [1.165, 1.54) is 10.8 Å². The first-order valence-electron chi connectivity index (χ1n) is 6.92. The number of rotatable bonds is 3. The van der Waals surface area contributed by atoms with Crippen LogP contribution in [0.1, 0.15) is 26.1 Å². The lowest BCUT2D eigenvalue weighted by atomic mass is 9.79. The van der Waals surface area contributed by atoms with Crippen molar-refractivity contribution in [1.82, 2.24) is 14.5 Å². The lowest BCUT2D eigenvalue weighted by Crippen LogP contribution is -2.54. The first-order chi connectivity index (χ1) is 9.70. The standard InChI is InChI=1S/C13H21N5O3.ClH/c1-9-15-11(18(20)21)6-17(9)7-12(19)16-5-4-10(14)13(2,3)8-16;/h6,10H,4-5,7-8,14H2,1-3H3;1H. The fourth-order valence-electron chi connectivity index (χ4n) is 2.57. The number of nitro groups is 1. The third-order valence-corrected chi connectivity index (χ3v) is 4.12. The zero-order chi connectivity index (χ0) is 15.8. The molecule has 124 valence electrons. The molecule has 0 aliphatic carbocycles. The Labute approximate surface area is 135 Å². The van der Waals surface area contributed by atoms with Crippen LogP contribution in [0.25, 0.3) is 0 Å². The predicted octanol–water partition coefficient (Wildman–Crippen LogP) is 1.11. The molecule has 0 aromatic carbocycles. The highest BCUT2D eigenvalue weighted by atomic mass is 35.5. The van der Waals surface area contributed by atoms with Crippen LogP contribution in [0.15, 0.2) is 6.20 Å². The van der Waals surface area contributed by atoms with Gasteiger partial charge >= 0.3 is 5.82 Å². The number of nitrogens with two attached hydrogens (primary N) is 1. The molecule has 2 N–H and O–H groups in total. The summed E-state index contributed by atoms with van der Waals surface area (Å²) in [6.07, 6.45) is 2.07. The zero-order valence-electron chi connectivity index (χ0n) is 13.0. The Bertz CT molecular complexity index is 572. The summed E-state index contributed by atoms with van der Waals surface area (Å²) in [5, 5.41) is 10.7. The second-order valence-corrected chi connectivity index (χ2v) is 6.23. The summed E-state index contributed by atoms with van der Waals surface area (Å²) < 4.78 is 1.52. The molecule has 1 fully saturated rings. The lowest BCUT2D eigenvalue weighted by molar-refractivity contribution is -0.389. The van der Waals surface area contributed by atoms with Crippen LogP contribution in [-0.2, 0) is 11.3 Å². The Kier molecular flexibility index (Phi) is 5.53. The number of aryl methyl sites for hydroxylation is 1. The molecule has 1 unspecified atom stereocenters. The highest BCUT2D eigenvalue weighted by Crippen LogP contribution is 2.27. The summed E-state index contributed by atoms with van der Waals surface area (Å²) in [5.41, 5.74) is 5.94. The van der Waals surface area contributed by atoms with Gasteiger partial charge in [-0.3, -0.25) is 9.36 Å². The molecule has 9 heteroatoms. The van der Waals surface area contributed by atoms with E-state index in [-0.39, 0.29) is 42.1 Å². The van der Waals surface area contributed by atoms with E-state index in [0.717, 1.165) is 6.42 Å². The number of aromatic nitrogens is 2. The van der Waals surface area contributed by atoms with Gasteiger partial charge in [0.2, 0.25) is 11.7 Å². The number of piperidine rings is 1. The molecule has 1 aliphatic heterocycles. The van der Waals surface area contributed by atoms with Gasteiger partial charge in [0.25, 0.3) is 0 Å². The number of likely N-dealkylation sites (tertiary alicyclic amines) is 1. The second kappa shape index (κ2) is 6.62. The van der Waals surface area contributed by atoms with E-state index in [9.17, 15) is 14.9 Å². The lowest BCUT2D eigenvalue weighted by Gasteiger charge is -2.42. The molecule has 1 saturated heterocycles. The van der Waals surface area contributed by atoms with Gasteiger partial charge in [0, 0.05) is 26.1 Å². The summed E-state index contributed by atoms with van der Waals surface area (Å²) in [6.45, 7) is 7.03. The maximum Gasteiger partial charge on any atom is 0.381 e. The molecule has 8 nitrogen and oxygen atoms in total. The van der Waals surface area contributed by atoms with Crippen molar-refractivity contribution >= 4 is 24.1 Å². The van der Waals surface area contributed by atoms with Crippen molar-refractivity contribution in [1.29, 1.82) is 0 Å². The number of carbonyl (C=O) groups excluding carboxylic acids is 1. The van der Waals surface area contributed by atoms with Crippen molar-refractivity contribution < 1.29 is 9.72 Å². The average Bonchev–Trinajstić information content (AvgIpc) is 2.74. The van der Waals surface area contributed by atoms with Crippen LogP contribution in [0.5, 0.6) is 0 Å². The summed E-state index contributed by atoms with van der Waals surface area (Å²) in [7, 11) is 0. The van der Waals surface area contributed by atoms with Crippen LogP contribution in [0, 0.1) is 22.5 Å². The van der Waals surface area contributed by atoms with Gasteiger partial charge in [0.15, 0.2) is 0 Å². The maximum absolute atomic E-state index is 12.4. The van der Waals surface area contributed by atoms with Gasteiger partial charge in [0.1, 0.15) is 12.7 Å². The smallest absolute Gasteiger partial charge is 0.358 e. The van der Waals surface area contributed by atoms with Crippen LogP contribution in [0.4, 0.5) is 5.82 Å². The second-order valence-electron chi connectivity index (χ2n) is 6.23. The molecule has 0 radical (unpaired) electrons. The minimum atomic E-state index is -0.559. The Morgan fingerprint density at radius 1 is 1.59 bits per heavy atom. The SMILES string of the molecule is Cc1nc([N+](=O)[O-])cn1CC(=O)N1CCC(N)C(C)(C)C1.Cl. The van der Waals surface area contributed by atoms with Crippen molar-refractivity contribution in [3.8, 4) is 0 Å². The van der Waals surface area contributed by atoms with Gasteiger partial charge in [-0.25, -0.2) is 0 Å². The average molecular weight is 332 g/mol. The third kappa shape index (κ3) is 3.75. The van der Waals surface area contributed by atoms with E-state index < -0.39 is 4.92 Å². The quantitative estimate of drug-likeness (QED) is 0.659. The number of hydrogen-bond donors (Lipinski definition) is 1. The maximum atomic E-state index is 12.4. The molecule has 1 aliphatic rings. The van der Waals surface area contributed by atoms with Crippen molar-refractivity contribution in [3.05, 3.63) is 22.1 Å². The predicted molar refractivity (Wildman–Crippen MR) is 83.8 cm³/mol. The first-order valence-corrected chi connectivity index (χ1v) is 6.92. The summed E-state index contributed by atoms with van der Waals surface area (Å²) in [4.78, 5) is 28.1. The Morgan fingerprint density at radius 3 is 2.73 bits per heavy atom. The monoisotopic (exact) mass is 331 g/mol. The van der Waals surface area contributed by atoms with E-state index in [1.807, 2.05) is 13.8 Å². The van der Waals surface area contributed by atoms with Crippen molar-refractivity contribution in [2.24, 2.45) is 11.1 Å². The zero-order valence-corrected chi connectivity index (χ0v) is 13.8. The topological polar surface area (TPSA) is 107 Å². The molecule has 0 spiro atoms. The third-order valence-electron chi connectivity index (χ3n) is 4.12. The first kappa shape index (κ1) is 18.4. The summed E-state index contributed by atoms with van der Waals surface area (Å²) in [5.74, 6) is 0.162. The summed E-state index contributed by atoms with van der Waals surface area (Å²) in [6, 6.07) is 0.0811. The molecule has 0 bridgehead atoms. The van der Waals surface area contributed by atoms with Gasteiger partial charge in [-0.15, -0.1) is 12.4 Å². The van der Waals surface area contributed by atoms with Crippen LogP contribution < -0.4 is 5.73 Å². The summed E-state index contributed by atoms with van der Waals surface area (Å²) >= 11 is 0. The molecule has 0 saturated carbocycles. The van der Waals surface area contributed by atoms with Crippen molar-refractivity contribution in [2.75, 3.05) is 13.1 Å². The van der Waals surface area contributed by atoms with E-state index in [4.69, 9.17) is 5.73 Å². The fraction of sp³-hybridized carbons (Fsp3) is 0.692. The largest absolute Gasteiger partial charge is 0.381 e. The van der Waals surface area contributed by atoms with Gasteiger partial charge in [-0.05, 0) is 21.7 Å². The highest BCUT2D eigenvalue weighted by molar-refractivity contribution is 5.85. The normalized spacial score (nSPS) is 20.4. The van der Waals surface area contributed by atoms with Crippen LogP contribution in [-0.4, -0.2) is 44.4 Å². The fourth-order valence-corrected chi connectivity index (χ4v) is 2.57. The number of carbonyl (C=O) groups is 1. The van der Waals surface area contributed by atoms with E-state index in [1.54, 1.807) is 11.8 Å². The van der Waals surface area contributed by atoms with Gasteiger partial charge in [-0.2, -0.15) is 0 Å². The minimum Gasteiger partial charge on any atom is -0.358 e. The van der Waals surface area contributed by atoms with Crippen LogP contribution in [0.2, 0.25) is 0 Å². The van der Waals surface area contributed by atoms with Crippen LogP contribution >= 0.6 is 12.4 Å². The molecule has 2 heterocycles. The molecule has 22 heavy (non-hydrogen) atoms. The number of nitrogens with zero attached hydrogens (tertiary/aromatic N) is 4. The molecule has 1 aromatic rings. The highest BCUT2D eigenvalue weighted by Gasteiger charge is 2.35. The Balaban J connectivity index is 0.00000242. The van der Waals surface area contributed by atoms with Crippen LogP contribution in [0.3, 0.4) is 0 Å². The molecule has 1 aromatic heterocycles. The van der Waals surface area contributed by atoms with E-state index in [0.29, 0.717) is 18.9 Å². The number of amides is 1. The van der Waals surface area contributed by atoms with Crippen molar-refractivity contribution in [2.45, 2.75) is 39.8 Å². The number of imidazole rings is 1. The van der Waals surface area contributed by atoms with Gasteiger partial charge < -0.3 is 20.7 Å². The van der Waals surface area contributed by atoms with Crippen molar-refractivity contribution in [3.63, 3.8) is 0 Å². The van der Waals surface area contributed by atoms with E-state index >= 15 is 0 Å².